The van der Waals surface area contributed by atoms with E-state index in [1.54, 1.807) is 24.3 Å². The molecule has 0 aliphatic rings. The number of aromatic nitrogens is 2. The number of rotatable bonds is 10. The molecule has 0 radical (unpaired) electrons. The molecule has 2 unspecified atom stereocenters. The van der Waals surface area contributed by atoms with Crippen molar-refractivity contribution in [2.75, 3.05) is 25.6 Å². The predicted molar refractivity (Wildman–Crippen MR) is 103 cm³/mol. The average molecular weight is 445 g/mol. The number of ether oxygens (including phenoxy) is 2. The van der Waals surface area contributed by atoms with Crippen LogP contribution >= 0.6 is 0 Å². The van der Waals surface area contributed by atoms with Gasteiger partial charge in [-0.25, -0.2) is 9.48 Å². The van der Waals surface area contributed by atoms with Crippen LogP contribution in [0.5, 0.6) is 5.75 Å². The second-order valence-corrected chi connectivity index (χ2v) is 6.68. The number of aliphatic hydroxyl groups is 1. The first-order valence-electron chi connectivity index (χ1n) is 9.08. The molecule has 0 saturated heterocycles. The minimum atomic E-state index is -4.94. The lowest BCUT2D eigenvalue weighted by molar-refractivity contribution is -0.150. The molecule has 0 bridgehead atoms. The Hall–Kier alpha value is -3.12. The summed E-state index contributed by atoms with van der Waals surface area (Å²) in [6, 6.07) is 5.71. The summed E-state index contributed by atoms with van der Waals surface area (Å²) in [4.78, 5) is 23.0. The van der Waals surface area contributed by atoms with Gasteiger partial charge in [0, 0.05) is 6.04 Å². The van der Waals surface area contributed by atoms with Crippen LogP contribution in [0.1, 0.15) is 18.1 Å². The van der Waals surface area contributed by atoms with Gasteiger partial charge in [-0.2, -0.15) is 18.3 Å². The van der Waals surface area contributed by atoms with Gasteiger partial charge in [-0.1, -0.05) is 12.1 Å². The number of anilines is 1. The molecule has 1 aromatic carbocycles. The zero-order valence-electron chi connectivity index (χ0n) is 16.7. The lowest BCUT2D eigenvalue weighted by Crippen LogP contribution is -2.34. The van der Waals surface area contributed by atoms with Gasteiger partial charge in [0.05, 0.1) is 38.8 Å². The van der Waals surface area contributed by atoms with Crippen molar-refractivity contribution in [1.29, 1.82) is 0 Å². The lowest BCUT2D eigenvalue weighted by atomic mass is 10.2. The third-order valence-corrected chi connectivity index (χ3v) is 4.15. The number of aliphatic carboxylic acids is 1. The van der Waals surface area contributed by atoms with Crippen molar-refractivity contribution in [2.45, 2.75) is 31.8 Å². The monoisotopic (exact) mass is 445 g/mol. The molecule has 2 rings (SSSR count). The lowest BCUT2D eigenvalue weighted by Gasteiger charge is -2.20. The summed E-state index contributed by atoms with van der Waals surface area (Å²) in [5.41, 5.74) is -2.70. The van der Waals surface area contributed by atoms with Crippen LogP contribution < -0.4 is 15.6 Å². The molecule has 0 saturated carbocycles. The number of carboxylic acid groups (broad SMARTS) is 1. The fraction of sp³-hybridized carbons (Fsp3) is 0.421. The highest BCUT2D eigenvalue weighted by Crippen LogP contribution is 2.32. The smallest absolute Gasteiger partial charge is 0.423 e. The van der Waals surface area contributed by atoms with Crippen molar-refractivity contribution in [1.82, 2.24) is 9.78 Å². The molecule has 0 aliphatic heterocycles. The Morgan fingerprint density at radius 2 is 1.90 bits per heavy atom. The molecule has 0 amide bonds. The molecule has 31 heavy (non-hydrogen) atoms. The number of hydrogen-bond acceptors (Lipinski definition) is 7. The van der Waals surface area contributed by atoms with Crippen molar-refractivity contribution in [3.8, 4) is 5.75 Å². The highest BCUT2D eigenvalue weighted by Gasteiger charge is 2.38. The summed E-state index contributed by atoms with van der Waals surface area (Å²) in [7, 11) is 1.47. The Balaban J connectivity index is 2.19. The van der Waals surface area contributed by atoms with Gasteiger partial charge in [0.25, 0.3) is 5.56 Å². The summed E-state index contributed by atoms with van der Waals surface area (Å²) in [6.07, 6.45) is -5.79. The van der Waals surface area contributed by atoms with Crippen LogP contribution in [0.3, 0.4) is 0 Å². The van der Waals surface area contributed by atoms with Crippen molar-refractivity contribution >= 4 is 11.7 Å². The van der Waals surface area contributed by atoms with E-state index >= 15 is 0 Å². The SMILES string of the molecule is COc1ccc(Cn2ncc(NC(C)COCC(O)C(=O)O)c(C(F)(F)F)c2=O)cc1. The Morgan fingerprint density at radius 1 is 1.26 bits per heavy atom. The Bertz CT molecular complexity index is 946. The van der Waals surface area contributed by atoms with Crippen molar-refractivity contribution in [3.05, 3.63) is 51.9 Å². The number of benzene rings is 1. The molecular weight excluding hydrogens is 423 g/mol. The van der Waals surface area contributed by atoms with Gasteiger partial charge >= 0.3 is 12.1 Å². The Morgan fingerprint density at radius 3 is 2.45 bits per heavy atom. The van der Waals surface area contributed by atoms with Crippen LogP contribution in [-0.2, 0) is 22.3 Å². The maximum Gasteiger partial charge on any atom is 0.423 e. The van der Waals surface area contributed by atoms with E-state index in [9.17, 15) is 22.8 Å². The fourth-order valence-corrected chi connectivity index (χ4v) is 2.62. The summed E-state index contributed by atoms with van der Waals surface area (Å²) in [5, 5.41) is 24.0. The number of nitrogens with one attached hydrogen (secondary N) is 1. The number of alkyl halides is 3. The third kappa shape index (κ3) is 6.69. The van der Waals surface area contributed by atoms with Gasteiger partial charge in [-0.15, -0.1) is 0 Å². The molecule has 170 valence electrons. The van der Waals surface area contributed by atoms with Crippen molar-refractivity contribution in [3.63, 3.8) is 0 Å². The molecular formula is C19H22F3N3O6. The van der Waals surface area contributed by atoms with E-state index < -0.39 is 47.7 Å². The number of nitrogens with zero attached hydrogens (tertiary/aromatic N) is 2. The number of methoxy groups -OCH3 is 1. The number of hydrogen-bond donors (Lipinski definition) is 3. The number of carboxylic acids is 1. The van der Waals surface area contributed by atoms with Gasteiger partial charge in [0.2, 0.25) is 0 Å². The van der Waals surface area contributed by atoms with Crippen molar-refractivity contribution in [2.24, 2.45) is 0 Å². The fourth-order valence-electron chi connectivity index (χ4n) is 2.62. The van der Waals surface area contributed by atoms with Gasteiger partial charge in [-0.05, 0) is 24.6 Å². The zero-order valence-corrected chi connectivity index (χ0v) is 16.7. The highest BCUT2D eigenvalue weighted by molar-refractivity contribution is 5.71. The standard InChI is InChI=1S/C19H22F3N3O6/c1-11(9-31-10-15(26)18(28)29)24-14-7-23-25(17(27)16(14)19(20,21)22)8-12-3-5-13(30-2)6-4-12/h3-7,11,15,24,26H,8-10H2,1-2H3,(H,28,29). The maximum absolute atomic E-state index is 13.6. The zero-order chi connectivity index (χ0) is 23.2. The Labute approximate surface area is 175 Å². The summed E-state index contributed by atoms with van der Waals surface area (Å²) in [6.45, 7) is 0.555. The van der Waals surface area contributed by atoms with Crippen LogP contribution in [0, 0.1) is 0 Å². The molecule has 1 heterocycles. The van der Waals surface area contributed by atoms with E-state index in [0.717, 1.165) is 6.20 Å². The summed E-state index contributed by atoms with van der Waals surface area (Å²) < 4.78 is 51.5. The van der Waals surface area contributed by atoms with Crippen LogP contribution in [0.2, 0.25) is 0 Å². The second kappa shape index (κ2) is 10.3. The van der Waals surface area contributed by atoms with E-state index in [-0.39, 0.29) is 13.2 Å². The predicted octanol–water partition coefficient (Wildman–Crippen LogP) is 1.58. The minimum Gasteiger partial charge on any atom is -0.497 e. The van der Waals surface area contributed by atoms with E-state index in [4.69, 9.17) is 19.7 Å². The Kier molecular flexibility index (Phi) is 8.00. The molecule has 0 spiro atoms. The third-order valence-electron chi connectivity index (χ3n) is 4.15. The molecule has 12 heteroatoms. The van der Waals surface area contributed by atoms with Crippen LogP contribution in [0.4, 0.5) is 18.9 Å². The first-order chi connectivity index (χ1) is 14.5. The van der Waals surface area contributed by atoms with E-state index in [1.165, 1.54) is 14.0 Å². The molecule has 2 atom stereocenters. The first kappa shape index (κ1) is 24.2. The van der Waals surface area contributed by atoms with Gasteiger partial charge in [-0.3, -0.25) is 4.79 Å². The largest absolute Gasteiger partial charge is 0.497 e. The molecule has 0 fully saturated rings. The van der Waals surface area contributed by atoms with Crippen LogP contribution in [0.25, 0.3) is 0 Å². The maximum atomic E-state index is 13.6. The highest BCUT2D eigenvalue weighted by atomic mass is 19.4. The van der Waals surface area contributed by atoms with Gasteiger partial charge in [0.15, 0.2) is 6.10 Å². The number of aliphatic hydroxyl groups excluding tert-OH is 1. The minimum absolute atomic E-state index is 0.169. The molecule has 0 aliphatic carbocycles. The summed E-state index contributed by atoms with van der Waals surface area (Å²) >= 11 is 0. The number of carbonyl (C=O) groups is 1. The first-order valence-corrected chi connectivity index (χ1v) is 9.08. The van der Waals surface area contributed by atoms with E-state index in [2.05, 4.69) is 10.4 Å². The quantitative estimate of drug-likeness (QED) is 0.504. The van der Waals surface area contributed by atoms with Gasteiger partial charge in [0.1, 0.15) is 11.3 Å². The second-order valence-electron chi connectivity index (χ2n) is 6.68. The van der Waals surface area contributed by atoms with Crippen molar-refractivity contribution < 1.29 is 37.7 Å². The molecule has 2 aromatic rings. The normalized spacial score (nSPS) is 13.5. The van der Waals surface area contributed by atoms with Crippen LogP contribution in [0.15, 0.2) is 35.3 Å². The van der Waals surface area contributed by atoms with Crippen LogP contribution in [-0.4, -0.2) is 58.4 Å². The summed E-state index contributed by atoms with van der Waals surface area (Å²) in [5.74, 6) is -0.920. The van der Waals surface area contributed by atoms with E-state index in [1.807, 2.05) is 0 Å². The topological polar surface area (TPSA) is 123 Å². The average Bonchev–Trinajstić information content (AvgIpc) is 2.69. The molecule has 1 aromatic heterocycles. The van der Waals surface area contributed by atoms with Gasteiger partial charge < -0.3 is 25.0 Å². The molecule has 3 N–H and O–H groups in total. The molecule has 9 nitrogen and oxygen atoms in total. The number of halogens is 3. The van der Waals surface area contributed by atoms with E-state index in [0.29, 0.717) is 16.0 Å².